The zero-order chi connectivity index (χ0) is 16.9. The van der Waals surface area contributed by atoms with E-state index < -0.39 is 10.0 Å². The summed E-state index contributed by atoms with van der Waals surface area (Å²) in [4.78, 5) is 12.0. The van der Waals surface area contributed by atoms with Crippen molar-refractivity contribution in [2.75, 3.05) is 10.5 Å². The van der Waals surface area contributed by atoms with E-state index in [0.717, 1.165) is 0 Å². The summed E-state index contributed by atoms with van der Waals surface area (Å²) in [7, 11) is -3.33. The van der Waals surface area contributed by atoms with Crippen molar-refractivity contribution < 1.29 is 17.6 Å². The van der Waals surface area contributed by atoms with Crippen LogP contribution < -0.4 is 4.72 Å². The summed E-state index contributed by atoms with van der Waals surface area (Å²) in [5.41, 5.74) is 1.56. The Bertz CT molecular complexity index is 810. The Hall–Kier alpha value is -2.47. The quantitative estimate of drug-likeness (QED) is 0.650. The number of benzene rings is 2. The van der Waals surface area contributed by atoms with Gasteiger partial charge in [0.15, 0.2) is 5.78 Å². The molecule has 4 nitrogen and oxygen atoms in total. The van der Waals surface area contributed by atoms with Crippen LogP contribution in [0.2, 0.25) is 0 Å². The van der Waals surface area contributed by atoms with Crippen molar-refractivity contribution in [1.82, 2.24) is 0 Å². The lowest BCUT2D eigenvalue weighted by Gasteiger charge is -2.06. The molecule has 2 aromatic rings. The fourth-order valence-corrected chi connectivity index (χ4v) is 2.44. The first-order chi connectivity index (χ1) is 10.9. The highest BCUT2D eigenvalue weighted by atomic mass is 32.2. The molecule has 0 spiro atoms. The summed E-state index contributed by atoms with van der Waals surface area (Å²) in [6.45, 7) is 1.54. The third kappa shape index (κ3) is 5.03. The monoisotopic (exact) mass is 333 g/mol. The van der Waals surface area contributed by atoms with Gasteiger partial charge in [-0.15, -0.1) is 0 Å². The molecule has 0 aliphatic heterocycles. The Labute approximate surface area is 134 Å². The van der Waals surface area contributed by atoms with Gasteiger partial charge in [0.25, 0.3) is 0 Å². The first kappa shape index (κ1) is 16.9. The van der Waals surface area contributed by atoms with Crippen LogP contribution in [0.4, 0.5) is 10.1 Å². The van der Waals surface area contributed by atoms with Gasteiger partial charge in [-0.2, -0.15) is 0 Å². The summed E-state index contributed by atoms with van der Waals surface area (Å²) in [6, 6.07) is 11.9. The molecule has 120 valence electrons. The second-order valence-corrected chi connectivity index (χ2v) is 6.84. The van der Waals surface area contributed by atoms with Crippen LogP contribution >= 0.6 is 0 Å². The fraction of sp³-hybridized carbons (Fsp3) is 0.118. The normalized spacial score (nSPS) is 11.6. The maximum Gasteiger partial charge on any atom is 0.232 e. The molecule has 0 radical (unpaired) electrons. The first-order valence-electron chi connectivity index (χ1n) is 6.98. The van der Waals surface area contributed by atoms with E-state index in [9.17, 15) is 17.6 Å². The molecule has 0 saturated heterocycles. The average molecular weight is 333 g/mol. The van der Waals surface area contributed by atoms with Gasteiger partial charge in [-0.25, -0.2) is 12.8 Å². The van der Waals surface area contributed by atoms with Gasteiger partial charge < -0.3 is 0 Å². The summed E-state index contributed by atoms with van der Waals surface area (Å²) >= 11 is 0. The number of rotatable bonds is 6. The van der Waals surface area contributed by atoms with Crippen molar-refractivity contribution in [2.24, 2.45) is 0 Å². The molecule has 0 amide bonds. The zero-order valence-corrected chi connectivity index (χ0v) is 13.3. The molecule has 0 aliphatic rings. The van der Waals surface area contributed by atoms with Gasteiger partial charge in [0, 0.05) is 11.3 Å². The average Bonchev–Trinajstić information content (AvgIpc) is 2.54. The lowest BCUT2D eigenvalue weighted by atomic mass is 10.1. The molecule has 0 aromatic heterocycles. The molecule has 0 unspecified atom stereocenters. The Balaban J connectivity index is 2.07. The van der Waals surface area contributed by atoms with Crippen molar-refractivity contribution in [1.29, 1.82) is 0 Å². The predicted octanol–water partition coefficient (Wildman–Crippen LogP) is 3.48. The molecule has 0 fully saturated rings. The molecule has 2 rings (SSSR count). The second-order valence-electron chi connectivity index (χ2n) is 4.83. The van der Waals surface area contributed by atoms with Crippen LogP contribution in [0.5, 0.6) is 0 Å². The number of sulfonamides is 1. The number of allylic oxidation sites excluding steroid dienone is 1. The summed E-state index contributed by atoms with van der Waals surface area (Å²) in [5, 5.41) is 0. The van der Waals surface area contributed by atoms with Gasteiger partial charge in [0.05, 0.1) is 5.75 Å². The number of anilines is 1. The van der Waals surface area contributed by atoms with Crippen LogP contribution in [-0.4, -0.2) is 20.0 Å². The summed E-state index contributed by atoms with van der Waals surface area (Å²) in [6.07, 6.45) is 2.98. The van der Waals surface area contributed by atoms with Crippen LogP contribution in [0.25, 0.3) is 6.08 Å². The molecular formula is C17H16FNO3S. The van der Waals surface area contributed by atoms with Crippen molar-refractivity contribution in [2.45, 2.75) is 6.92 Å². The van der Waals surface area contributed by atoms with E-state index in [2.05, 4.69) is 4.72 Å². The lowest BCUT2D eigenvalue weighted by molar-refractivity contribution is 0.104. The van der Waals surface area contributed by atoms with Gasteiger partial charge in [0.2, 0.25) is 10.0 Å². The van der Waals surface area contributed by atoms with Crippen molar-refractivity contribution in [3.05, 3.63) is 71.6 Å². The first-order valence-corrected chi connectivity index (χ1v) is 8.63. The molecule has 1 N–H and O–H groups in total. The summed E-state index contributed by atoms with van der Waals surface area (Å²) in [5.74, 6) is -0.577. The third-order valence-electron chi connectivity index (χ3n) is 3.12. The second kappa shape index (κ2) is 7.19. The highest BCUT2D eigenvalue weighted by Gasteiger charge is 2.07. The standard InChI is InChI=1S/C17H16FNO3S/c1-2-23(21,22)19-16-10-6-14(7-11-16)17(20)12-5-13-3-8-15(18)9-4-13/h3-12,19H,2H2,1H3/b12-5+. The Morgan fingerprint density at radius 2 is 1.70 bits per heavy atom. The van der Waals surface area contributed by atoms with Crippen molar-refractivity contribution >= 4 is 27.6 Å². The van der Waals surface area contributed by atoms with E-state index in [1.54, 1.807) is 37.3 Å². The van der Waals surface area contributed by atoms with Crippen molar-refractivity contribution in [3.63, 3.8) is 0 Å². The number of ketones is 1. The van der Waals surface area contributed by atoms with Gasteiger partial charge >= 0.3 is 0 Å². The number of carbonyl (C=O) groups is 1. The van der Waals surface area contributed by atoms with E-state index in [1.165, 1.54) is 30.3 Å². The van der Waals surface area contributed by atoms with Gasteiger partial charge in [0.1, 0.15) is 5.82 Å². The topological polar surface area (TPSA) is 63.2 Å². The van der Waals surface area contributed by atoms with Gasteiger partial charge in [-0.1, -0.05) is 18.2 Å². The van der Waals surface area contributed by atoms with Crippen molar-refractivity contribution in [3.8, 4) is 0 Å². The number of nitrogens with one attached hydrogen (secondary N) is 1. The van der Waals surface area contributed by atoms with Crippen LogP contribution in [0.1, 0.15) is 22.8 Å². The smallest absolute Gasteiger partial charge is 0.232 e. The van der Waals surface area contributed by atoms with E-state index in [-0.39, 0.29) is 17.4 Å². The highest BCUT2D eigenvalue weighted by Crippen LogP contribution is 2.13. The molecular weight excluding hydrogens is 317 g/mol. The lowest BCUT2D eigenvalue weighted by Crippen LogP contribution is -2.14. The SMILES string of the molecule is CCS(=O)(=O)Nc1ccc(C(=O)/C=C/c2ccc(F)cc2)cc1. The number of halogens is 1. The predicted molar refractivity (Wildman–Crippen MR) is 89.3 cm³/mol. The molecule has 23 heavy (non-hydrogen) atoms. The summed E-state index contributed by atoms with van der Waals surface area (Å²) < 4.78 is 38.1. The highest BCUT2D eigenvalue weighted by molar-refractivity contribution is 7.92. The van der Waals surface area contributed by atoms with E-state index in [4.69, 9.17) is 0 Å². The van der Waals surface area contributed by atoms with Crippen LogP contribution in [0, 0.1) is 5.82 Å². The molecule has 0 heterocycles. The minimum absolute atomic E-state index is 0.0198. The maximum atomic E-state index is 12.8. The van der Waals surface area contributed by atoms with E-state index in [1.807, 2.05) is 0 Å². The van der Waals surface area contributed by atoms with E-state index in [0.29, 0.717) is 16.8 Å². The minimum atomic E-state index is -3.33. The molecule has 0 saturated carbocycles. The van der Waals surface area contributed by atoms with Gasteiger partial charge in [-0.05, 0) is 55.0 Å². The molecule has 0 atom stereocenters. The van der Waals surface area contributed by atoms with Crippen LogP contribution in [0.3, 0.4) is 0 Å². The number of hydrogen-bond donors (Lipinski definition) is 1. The van der Waals surface area contributed by atoms with E-state index >= 15 is 0 Å². The fourth-order valence-electron chi connectivity index (χ4n) is 1.80. The van der Waals surface area contributed by atoms with Gasteiger partial charge in [-0.3, -0.25) is 9.52 Å². The minimum Gasteiger partial charge on any atom is -0.289 e. The molecule has 0 aliphatic carbocycles. The molecule has 2 aromatic carbocycles. The Morgan fingerprint density at radius 3 is 2.26 bits per heavy atom. The number of hydrogen-bond acceptors (Lipinski definition) is 3. The number of carbonyl (C=O) groups excluding carboxylic acids is 1. The van der Waals surface area contributed by atoms with Crippen LogP contribution in [0.15, 0.2) is 54.6 Å². The Kier molecular flexibility index (Phi) is 5.28. The third-order valence-corrected chi connectivity index (χ3v) is 4.43. The van der Waals surface area contributed by atoms with Crippen LogP contribution in [-0.2, 0) is 10.0 Å². The molecule has 0 bridgehead atoms. The zero-order valence-electron chi connectivity index (χ0n) is 12.5. The largest absolute Gasteiger partial charge is 0.289 e. The Morgan fingerprint density at radius 1 is 1.09 bits per heavy atom. The molecule has 6 heteroatoms. The maximum absolute atomic E-state index is 12.8.